The molecule has 2 aliphatic rings. The van der Waals surface area contributed by atoms with Crippen molar-refractivity contribution in [2.45, 2.75) is 25.5 Å². The first-order valence-corrected chi connectivity index (χ1v) is 8.29. The van der Waals surface area contributed by atoms with Gasteiger partial charge in [-0.3, -0.25) is 9.69 Å². The number of methoxy groups -OCH3 is 1. The standard InChI is InChI=1S/C17H24N2O5/c1-22-14-8-16-15(23-5-6-24-16)7-12(14)9-18-17(21)11-19-4-2-3-13(20)10-19/h7-8,13,20H,2-6,9-11H2,1H3,(H,18,21)/t13-/m0/s1. The van der Waals surface area contributed by atoms with Crippen LogP contribution in [0.2, 0.25) is 0 Å². The van der Waals surface area contributed by atoms with Crippen molar-refractivity contribution in [3.63, 3.8) is 0 Å². The molecule has 0 spiro atoms. The van der Waals surface area contributed by atoms with Crippen LogP contribution < -0.4 is 19.5 Å². The summed E-state index contributed by atoms with van der Waals surface area (Å²) in [5.74, 6) is 1.93. The van der Waals surface area contributed by atoms with E-state index in [2.05, 4.69) is 5.32 Å². The van der Waals surface area contributed by atoms with Gasteiger partial charge in [-0.15, -0.1) is 0 Å². The minimum atomic E-state index is -0.329. The fourth-order valence-corrected chi connectivity index (χ4v) is 3.07. The molecule has 1 aromatic rings. The number of rotatable bonds is 5. The summed E-state index contributed by atoms with van der Waals surface area (Å²) >= 11 is 0. The van der Waals surface area contributed by atoms with E-state index in [0.717, 1.165) is 24.9 Å². The number of aliphatic hydroxyl groups excluding tert-OH is 1. The quantitative estimate of drug-likeness (QED) is 0.817. The van der Waals surface area contributed by atoms with E-state index in [4.69, 9.17) is 14.2 Å². The molecule has 1 amide bonds. The highest BCUT2D eigenvalue weighted by molar-refractivity contribution is 5.78. The summed E-state index contributed by atoms with van der Waals surface area (Å²) < 4.78 is 16.5. The monoisotopic (exact) mass is 336 g/mol. The summed E-state index contributed by atoms with van der Waals surface area (Å²) in [5, 5.41) is 12.6. The molecule has 1 fully saturated rings. The number of benzene rings is 1. The number of β-amino-alcohol motifs (C(OH)–C–C–N with tert-alkyl or cyclic N) is 1. The number of aliphatic hydroxyl groups is 1. The molecule has 7 nitrogen and oxygen atoms in total. The minimum absolute atomic E-state index is 0.0685. The van der Waals surface area contributed by atoms with Crippen molar-refractivity contribution < 1.29 is 24.1 Å². The largest absolute Gasteiger partial charge is 0.496 e. The number of piperidine rings is 1. The van der Waals surface area contributed by atoms with E-state index in [9.17, 15) is 9.90 Å². The number of carbonyl (C=O) groups is 1. The number of fused-ring (bicyclic) bond motifs is 1. The van der Waals surface area contributed by atoms with Crippen molar-refractivity contribution >= 4 is 5.91 Å². The lowest BCUT2D eigenvalue weighted by atomic mass is 10.1. The van der Waals surface area contributed by atoms with Gasteiger partial charge in [0, 0.05) is 24.7 Å². The predicted octanol–water partition coefficient (Wildman–Crippen LogP) is 0.539. The molecule has 1 aromatic carbocycles. The van der Waals surface area contributed by atoms with Gasteiger partial charge in [0.15, 0.2) is 11.5 Å². The van der Waals surface area contributed by atoms with Gasteiger partial charge in [0.2, 0.25) is 5.91 Å². The third-order valence-electron chi connectivity index (χ3n) is 4.27. The fraction of sp³-hybridized carbons (Fsp3) is 0.588. The molecular formula is C17H24N2O5. The van der Waals surface area contributed by atoms with Gasteiger partial charge in [0.1, 0.15) is 19.0 Å². The Kier molecular flexibility index (Phi) is 5.42. The predicted molar refractivity (Wildman–Crippen MR) is 87.5 cm³/mol. The maximum atomic E-state index is 12.1. The number of likely N-dealkylation sites (tertiary alicyclic amines) is 1. The highest BCUT2D eigenvalue weighted by Gasteiger charge is 2.20. The molecule has 3 rings (SSSR count). The highest BCUT2D eigenvalue weighted by Crippen LogP contribution is 2.36. The highest BCUT2D eigenvalue weighted by atomic mass is 16.6. The van der Waals surface area contributed by atoms with E-state index < -0.39 is 0 Å². The first kappa shape index (κ1) is 16.9. The zero-order valence-electron chi connectivity index (χ0n) is 13.9. The Balaban J connectivity index is 1.58. The molecule has 24 heavy (non-hydrogen) atoms. The van der Waals surface area contributed by atoms with Crippen LogP contribution >= 0.6 is 0 Å². The van der Waals surface area contributed by atoms with Gasteiger partial charge >= 0.3 is 0 Å². The second-order valence-electron chi connectivity index (χ2n) is 6.12. The third kappa shape index (κ3) is 4.10. The van der Waals surface area contributed by atoms with Gasteiger partial charge in [0.25, 0.3) is 0 Å². The Morgan fingerprint density at radius 3 is 2.83 bits per heavy atom. The molecule has 132 valence electrons. The van der Waals surface area contributed by atoms with Crippen molar-refractivity contribution in [1.82, 2.24) is 10.2 Å². The molecule has 0 bridgehead atoms. The van der Waals surface area contributed by atoms with Crippen LogP contribution in [0.25, 0.3) is 0 Å². The molecular weight excluding hydrogens is 312 g/mol. The molecule has 0 aromatic heterocycles. The second kappa shape index (κ2) is 7.72. The average Bonchev–Trinajstić information content (AvgIpc) is 2.59. The minimum Gasteiger partial charge on any atom is -0.496 e. The number of hydrogen-bond acceptors (Lipinski definition) is 6. The number of hydrogen-bond donors (Lipinski definition) is 2. The Morgan fingerprint density at radius 1 is 1.38 bits per heavy atom. The molecule has 0 radical (unpaired) electrons. The van der Waals surface area contributed by atoms with E-state index in [-0.39, 0.29) is 12.0 Å². The summed E-state index contributed by atoms with van der Waals surface area (Å²) in [6, 6.07) is 3.63. The molecule has 2 N–H and O–H groups in total. The number of nitrogens with zero attached hydrogens (tertiary/aromatic N) is 1. The van der Waals surface area contributed by atoms with E-state index in [0.29, 0.717) is 50.1 Å². The van der Waals surface area contributed by atoms with Gasteiger partial charge in [0.05, 0.1) is 19.8 Å². The topological polar surface area (TPSA) is 80.3 Å². The van der Waals surface area contributed by atoms with Crippen LogP contribution in [-0.2, 0) is 11.3 Å². The molecule has 7 heteroatoms. The molecule has 1 saturated heterocycles. The van der Waals surface area contributed by atoms with Gasteiger partial charge in [-0.2, -0.15) is 0 Å². The summed E-state index contributed by atoms with van der Waals surface area (Å²) in [6.07, 6.45) is 1.40. The van der Waals surface area contributed by atoms with Crippen LogP contribution in [0, 0.1) is 0 Å². The maximum Gasteiger partial charge on any atom is 0.234 e. The van der Waals surface area contributed by atoms with Crippen LogP contribution in [0.3, 0.4) is 0 Å². The second-order valence-corrected chi connectivity index (χ2v) is 6.12. The molecule has 0 aliphatic carbocycles. The van der Waals surface area contributed by atoms with E-state index in [1.807, 2.05) is 11.0 Å². The first-order valence-electron chi connectivity index (χ1n) is 8.29. The summed E-state index contributed by atoms with van der Waals surface area (Å²) in [5.41, 5.74) is 0.841. The molecule has 2 heterocycles. The van der Waals surface area contributed by atoms with Crippen molar-refractivity contribution in [3.05, 3.63) is 17.7 Å². The van der Waals surface area contributed by atoms with Crippen LogP contribution in [0.4, 0.5) is 0 Å². The normalized spacial score (nSPS) is 20.5. The van der Waals surface area contributed by atoms with E-state index >= 15 is 0 Å². The van der Waals surface area contributed by atoms with Gasteiger partial charge < -0.3 is 24.6 Å². The SMILES string of the molecule is COc1cc2c(cc1CNC(=O)CN1CCC[C@H](O)C1)OCCO2. The maximum absolute atomic E-state index is 12.1. The van der Waals surface area contributed by atoms with E-state index in [1.165, 1.54) is 0 Å². The Bertz CT molecular complexity index is 593. The van der Waals surface area contributed by atoms with Crippen molar-refractivity contribution in [2.24, 2.45) is 0 Å². The zero-order valence-corrected chi connectivity index (χ0v) is 13.9. The van der Waals surface area contributed by atoms with Gasteiger partial charge in [-0.25, -0.2) is 0 Å². The van der Waals surface area contributed by atoms with Crippen molar-refractivity contribution in [1.29, 1.82) is 0 Å². The average molecular weight is 336 g/mol. The number of nitrogens with one attached hydrogen (secondary N) is 1. The molecule has 2 aliphatic heterocycles. The number of ether oxygens (including phenoxy) is 3. The van der Waals surface area contributed by atoms with Crippen molar-refractivity contribution in [2.75, 3.05) is 40.0 Å². The van der Waals surface area contributed by atoms with Gasteiger partial charge in [-0.05, 0) is 25.5 Å². The Morgan fingerprint density at radius 2 is 2.12 bits per heavy atom. The first-order chi connectivity index (χ1) is 11.7. The Labute approximate surface area is 141 Å². The van der Waals surface area contributed by atoms with Crippen LogP contribution in [-0.4, -0.2) is 62.0 Å². The lowest BCUT2D eigenvalue weighted by Crippen LogP contribution is -2.44. The van der Waals surface area contributed by atoms with Crippen LogP contribution in [0.5, 0.6) is 17.2 Å². The van der Waals surface area contributed by atoms with Gasteiger partial charge in [-0.1, -0.05) is 0 Å². The van der Waals surface area contributed by atoms with Crippen LogP contribution in [0.1, 0.15) is 18.4 Å². The molecule has 0 unspecified atom stereocenters. The number of amides is 1. The lowest BCUT2D eigenvalue weighted by Gasteiger charge is -2.29. The summed E-state index contributed by atoms with van der Waals surface area (Å²) in [4.78, 5) is 14.1. The van der Waals surface area contributed by atoms with Crippen LogP contribution in [0.15, 0.2) is 12.1 Å². The fourth-order valence-electron chi connectivity index (χ4n) is 3.07. The zero-order chi connectivity index (χ0) is 16.9. The third-order valence-corrected chi connectivity index (χ3v) is 4.27. The summed E-state index contributed by atoms with van der Waals surface area (Å²) in [6.45, 7) is 3.09. The molecule has 0 saturated carbocycles. The smallest absolute Gasteiger partial charge is 0.234 e. The van der Waals surface area contributed by atoms with Crippen molar-refractivity contribution in [3.8, 4) is 17.2 Å². The number of carbonyl (C=O) groups excluding carboxylic acids is 1. The Hall–Kier alpha value is -1.99. The van der Waals surface area contributed by atoms with E-state index in [1.54, 1.807) is 13.2 Å². The summed E-state index contributed by atoms with van der Waals surface area (Å²) in [7, 11) is 1.59. The molecule has 1 atom stereocenters. The lowest BCUT2D eigenvalue weighted by molar-refractivity contribution is -0.123.